The highest BCUT2D eigenvalue weighted by Crippen LogP contribution is 2.24. The van der Waals surface area contributed by atoms with Gasteiger partial charge in [-0.1, -0.05) is 12.1 Å². The summed E-state index contributed by atoms with van der Waals surface area (Å²) in [6, 6.07) is 6.47. The van der Waals surface area contributed by atoms with E-state index in [9.17, 15) is 9.59 Å². The van der Waals surface area contributed by atoms with Crippen LogP contribution >= 0.6 is 0 Å². The highest BCUT2D eigenvalue weighted by Gasteiger charge is 2.17. The summed E-state index contributed by atoms with van der Waals surface area (Å²) in [6.45, 7) is 5.57. The van der Waals surface area contributed by atoms with Gasteiger partial charge in [-0.05, 0) is 32.9 Å². The van der Waals surface area contributed by atoms with Crippen LogP contribution in [0, 0.1) is 0 Å². The lowest BCUT2D eigenvalue weighted by Gasteiger charge is -2.20. The first-order valence-corrected chi connectivity index (χ1v) is 6.26. The zero-order valence-electron chi connectivity index (χ0n) is 12.5. The lowest BCUT2D eigenvalue weighted by molar-refractivity contribution is 0.190. The molecule has 0 aliphatic rings. The fourth-order valence-corrected chi connectivity index (χ4v) is 1.32. The number of nitrogens with one attached hydrogen (secondary N) is 2. The molecule has 2 N–H and O–H groups in total. The van der Waals surface area contributed by atoms with E-state index >= 15 is 0 Å². The third-order valence-corrected chi connectivity index (χ3v) is 2.21. The van der Waals surface area contributed by atoms with Gasteiger partial charge in [0.25, 0.3) is 0 Å². The number of benzene rings is 1. The Morgan fingerprint density at radius 1 is 1.15 bits per heavy atom. The van der Waals surface area contributed by atoms with Crippen molar-refractivity contribution in [1.82, 2.24) is 10.2 Å². The number of carbonyl (C=O) groups excluding carboxylic acids is 2. The third kappa shape index (κ3) is 5.17. The number of urea groups is 1. The average Bonchev–Trinajstić information content (AvgIpc) is 2.28. The molecule has 0 atom stereocenters. The van der Waals surface area contributed by atoms with E-state index in [1.54, 1.807) is 38.4 Å². The summed E-state index contributed by atoms with van der Waals surface area (Å²) in [4.78, 5) is 24.8. The number of carbonyl (C=O) groups is 2. The summed E-state index contributed by atoms with van der Waals surface area (Å²) in [7, 11) is 3.26. The van der Waals surface area contributed by atoms with Crippen LogP contribution in [0.2, 0.25) is 0 Å². The largest absolute Gasteiger partial charge is 0.413 e. The molecule has 0 aliphatic carbocycles. The summed E-state index contributed by atoms with van der Waals surface area (Å²) in [5, 5.41) is 5.35. The van der Waals surface area contributed by atoms with E-state index in [0.717, 1.165) is 0 Å². The van der Waals surface area contributed by atoms with Crippen molar-refractivity contribution in [3.63, 3.8) is 0 Å². The van der Waals surface area contributed by atoms with E-state index < -0.39 is 6.09 Å². The monoisotopic (exact) mass is 279 g/mol. The summed E-state index contributed by atoms with van der Waals surface area (Å²) in [5.74, 6) is 0.296. The standard InChI is InChI=1S/C14H21N3O3/c1-14(2,3)16-13(19)20-11-9-7-6-8-10(11)15-12(18)17(4)5/h6-9H,1-5H3,(H,15,18)(H,16,19). The zero-order valence-corrected chi connectivity index (χ0v) is 12.5. The highest BCUT2D eigenvalue weighted by molar-refractivity contribution is 5.91. The maximum atomic E-state index is 11.7. The van der Waals surface area contributed by atoms with Crippen molar-refractivity contribution in [3.05, 3.63) is 24.3 Å². The molecule has 0 radical (unpaired) electrons. The number of hydrogen-bond acceptors (Lipinski definition) is 3. The third-order valence-electron chi connectivity index (χ3n) is 2.21. The number of para-hydroxylation sites is 2. The van der Waals surface area contributed by atoms with Crippen LogP contribution in [0.15, 0.2) is 24.3 Å². The van der Waals surface area contributed by atoms with Crippen LogP contribution in [0.3, 0.4) is 0 Å². The van der Waals surface area contributed by atoms with Crippen LogP contribution < -0.4 is 15.4 Å². The van der Waals surface area contributed by atoms with E-state index in [1.165, 1.54) is 4.90 Å². The second-order valence-corrected chi connectivity index (χ2v) is 5.59. The molecule has 0 spiro atoms. The van der Waals surface area contributed by atoms with Crippen LogP contribution in [-0.2, 0) is 0 Å². The molecule has 20 heavy (non-hydrogen) atoms. The van der Waals surface area contributed by atoms with Gasteiger partial charge < -0.3 is 20.3 Å². The van der Waals surface area contributed by atoms with Crippen LogP contribution in [0.25, 0.3) is 0 Å². The van der Waals surface area contributed by atoms with Crippen molar-refractivity contribution in [2.24, 2.45) is 0 Å². The van der Waals surface area contributed by atoms with Gasteiger partial charge in [-0.2, -0.15) is 0 Å². The van der Waals surface area contributed by atoms with Crippen LogP contribution in [0.5, 0.6) is 5.75 Å². The predicted octanol–water partition coefficient (Wildman–Crippen LogP) is 2.67. The van der Waals surface area contributed by atoms with Crippen molar-refractivity contribution in [1.29, 1.82) is 0 Å². The fraction of sp³-hybridized carbons (Fsp3) is 0.429. The quantitative estimate of drug-likeness (QED) is 0.874. The van der Waals surface area contributed by atoms with Gasteiger partial charge in [0.2, 0.25) is 0 Å². The second-order valence-electron chi connectivity index (χ2n) is 5.59. The molecule has 110 valence electrons. The first-order chi connectivity index (χ1) is 9.19. The molecule has 0 aromatic heterocycles. The average molecular weight is 279 g/mol. The van der Waals surface area contributed by atoms with Crippen molar-refractivity contribution >= 4 is 17.8 Å². The lowest BCUT2D eigenvalue weighted by atomic mass is 10.1. The Morgan fingerprint density at radius 3 is 2.30 bits per heavy atom. The minimum atomic E-state index is -0.566. The molecule has 0 aliphatic heterocycles. The van der Waals surface area contributed by atoms with Crippen molar-refractivity contribution in [2.45, 2.75) is 26.3 Å². The smallest absolute Gasteiger partial charge is 0.408 e. The predicted molar refractivity (Wildman–Crippen MR) is 78.1 cm³/mol. The van der Waals surface area contributed by atoms with Gasteiger partial charge in [-0.3, -0.25) is 0 Å². The number of ether oxygens (including phenoxy) is 1. The minimum Gasteiger partial charge on any atom is -0.408 e. The Labute approximate surface area is 119 Å². The van der Waals surface area contributed by atoms with Gasteiger partial charge in [0.15, 0.2) is 5.75 Å². The zero-order chi connectivity index (χ0) is 15.3. The van der Waals surface area contributed by atoms with Gasteiger partial charge in [0, 0.05) is 19.6 Å². The van der Waals surface area contributed by atoms with Crippen molar-refractivity contribution in [2.75, 3.05) is 19.4 Å². The lowest BCUT2D eigenvalue weighted by Crippen LogP contribution is -2.42. The molecule has 0 unspecified atom stereocenters. The molecule has 1 rings (SSSR count). The van der Waals surface area contributed by atoms with E-state index in [4.69, 9.17) is 4.74 Å². The first kappa shape index (κ1) is 15.8. The van der Waals surface area contributed by atoms with Crippen LogP contribution in [0.4, 0.5) is 15.3 Å². The highest BCUT2D eigenvalue weighted by atomic mass is 16.6. The van der Waals surface area contributed by atoms with Gasteiger partial charge in [-0.25, -0.2) is 9.59 Å². The molecule has 3 amide bonds. The number of amides is 3. The number of anilines is 1. The topological polar surface area (TPSA) is 70.7 Å². The van der Waals surface area contributed by atoms with E-state index in [-0.39, 0.29) is 11.6 Å². The second kappa shape index (κ2) is 6.27. The number of rotatable bonds is 2. The van der Waals surface area contributed by atoms with Gasteiger partial charge in [0.05, 0.1) is 5.69 Å². The molecule has 1 aromatic carbocycles. The maximum Gasteiger partial charge on any atom is 0.413 e. The van der Waals surface area contributed by atoms with E-state index in [0.29, 0.717) is 11.4 Å². The summed E-state index contributed by atoms with van der Waals surface area (Å²) >= 11 is 0. The summed E-state index contributed by atoms with van der Waals surface area (Å²) < 4.78 is 5.22. The Balaban J connectivity index is 2.80. The van der Waals surface area contributed by atoms with Gasteiger partial charge >= 0.3 is 12.1 Å². The Bertz CT molecular complexity index is 493. The molecule has 0 fully saturated rings. The molecular weight excluding hydrogens is 258 g/mol. The number of nitrogens with zero attached hydrogens (tertiary/aromatic N) is 1. The molecule has 0 heterocycles. The molecule has 6 heteroatoms. The van der Waals surface area contributed by atoms with Crippen LogP contribution in [0.1, 0.15) is 20.8 Å². The summed E-state index contributed by atoms with van der Waals surface area (Å²) in [5.41, 5.74) is 0.0501. The minimum absolute atomic E-state index is 0.294. The Hall–Kier alpha value is -2.24. The van der Waals surface area contributed by atoms with Crippen LogP contribution in [-0.4, -0.2) is 36.7 Å². The SMILES string of the molecule is CN(C)C(=O)Nc1ccccc1OC(=O)NC(C)(C)C. The molecule has 1 aromatic rings. The number of hydrogen-bond donors (Lipinski definition) is 2. The Kier molecular flexibility index (Phi) is 4.96. The molecule has 0 saturated carbocycles. The maximum absolute atomic E-state index is 11.7. The van der Waals surface area contributed by atoms with Crippen molar-refractivity contribution < 1.29 is 14.3 Å². The van der Waals surface area contributed by atoms with Crippen molar-refractivity contribution in [3.8, 4) is 5.75 Å². The molecule has 0 saturated heterocycles. The summed E-state index contributed by atoms with van der Waals surface area (Å²) in [6.07, 6.45) is -0.566. The fourth-order valence-electron chi connectivity index (χ4n) is 1.32. The van der Waals surface area contributed by atoms with Gasteiger partial charge in [0.1, 0.15) is 0 Å². The Morgan fingerprint density at radius 2 is 1.75 bits per heavy atom. The van der Waals surface area contributed by atoms with Gasteiger partial charge in [-0.15, -0.1) is 0 Å². The van der Waals surface area contributed by atoms with E-state index in [1.807, 2.05) is 20.8 Å². The molecule has 0 bridgehead atoms. The van der Waals surface area contributed by atoms with E-state index in [2.05, 4.69) is 10.6 Å². The molecular formula is C14H21N3O3. The normalized spacial score (nSPS) is 10.7. The first-order valence-electron chi connectivity index (χ1n) is 6.26. The molecule has 6 nitrogen and oxygen atoms in total.